The summed E-state index contributed by atoms with van der Waals surface area (Å²) in [5.41, 5.74) is 2.72. The molecule has 0 amide bonds. The summed E-state index contributed by atoms with van der Waals surface area (Å²) in [7, 11) is 0. The van der Waals surface area contributed by atoms with Gasteiger partial charge < -0.3 is 0 Å². The van der Waals surface area contributed by atoms with E-state index in [9.17, 15) is 4.79 Å². The van der Waals surface area contributed by atoms with Crippen molar-refractivity contribution in [3.63, 3.8) is 0 Å². The molecule has 1 nitrogen and oxygen atoms in total. The minimum absolute atomic E-state index is 0.332. The lowest BCUT2D eigenvalue weighted by molar-refractivity contribution is 0.108. The maximum atomic E-state index is 11.1. The summed E-state index contributed by atoms with van der Waals surface area (Å²) in [6.07, 6.45) is 0. The number of aryl methyl sites for hydroxylation is 1. The van der Waals surface area contributed by atoms with E-state index in [1.54, 1.807) is 0 Å². The van der Waals surface area contributed by atoms with Gasteiger partial charge in [-0.1, -0.05) is 31.5 Å². The number of hydrogen-bond donors (Lipinski definition) is 0. The third kappa shape index (κ3) is 2.31. The third-order valence-electron chi connectivity index (χ3n) is 2.04. The molecule has 0 N–H and O–H groups in total. The Bertz CT molecular complexity index is 329. The lowest BCUT2D eigenvalue weighted by Crippen LogP contribution is -1.99. The SMILES string of the molecule is Cc1ccc(C(C)C)c(C(=O)Cl)c1. The third-order valence-corrected chi connectivity index (χ3v) is 2.25. The molecule has 0 spiro atoms. The van der Waals surface area contributed by atoms with Gasteiger partial charge in [-0.25, -0.2) is 0 Å². The highest BCUT2D eigenvalue weighted by molar-refractivity contribution is 6.67. The van der Waals surface area contributed by atoms with E-state index in [0.29, 0.717) is 11.5 Å². The summed E-state index contributed by atoms with van der Waals surface area (Å²) < 4.78 is 0. The molecule has 70 valence electrons. The van der Waals surface area contributed by atoms with Gasteiger partial charge in [0.25, 0.3) is 5.24 Å². The van der Waals surface area contributed by atoms with Crippen molar-refractivity contribution in [2.45, 2.75) is 26.7 Å². The van der Waals surface area contributed by atoms with Crippen LogP contribution in [0.2, 0.25) is 0 Å². The molecule has 1 aromatic carbocycles. The van der Waals surface area contributed by atoms with Crippen molar-refractivity contribution in [1.29, 1.82) is 0 Å². The molecule has 0 aliphatic heterocycles. The van der Waals surface area contributed by atoms with E-state index in [4.69, 9.17) is 11.6 Å². The van der Waals surface area contributed by atoms with Crippen molar-refractivity contribution in [3.05, 3.63) is 34.9 Å². The zero-order chi connectivity index (χ0) is 10.0. The van der Waals surface area contributed by atoms with E-state index in [1.807, 2.05) is 39.0 Å². The second-order valence-corrected chi connectivity index (χ2v) is 3.86. The number of hydrogen-bond acceptors (Lipinski definition) is 1. The molecular formula is C11H13ClO. The van der Waals surface area contributed by atoms with Crippen LogP contribution in [0, 0.1) is 6.92 Å². The molecule has 0 aliphatic rings. The van der Waals surface area contributed by atoms with Crippen LogP contribution in [0.25, 0.3) is 0 Å². The van der Waals surface area contributed by atoms with Crippen molar-refractivity contribution in [1.82, 2.24) is 0 Å². The van der Waals surface area contributed by atoms with Crippen LogP contribution >= 0.6 is 11.6 Å². The Balaban J connectivity index is 3.27. The van der Waals surface area contributed by atoms with Crippen LogP contribution in [0.3, 0.4) is 0 Å². The lowest BCUT2D eigenvalue weighted by Gasteiger charge is -2.09. The molecule has 0 aliphatic carbocycles. The predicted octanol–water partition coefficient (Wildman–Crippen LogP) is 3.50. The Hall–Kier alpha value is -0.820. The molecule has 0 unspecified atom stereocenters. The minimum atomic E-state index is -0.368. The van der Waals surface area contributed by atoms with Gasteiger partial charge in [-0.3, -0.25) is 4.79 Å². The zero-order valence-electron chi connectivity index (χ0n) is 8.10. The zero-order valence-corrected chi connectivity index (χ0v) is 8.85. The summed E-state index contributed by atoms with van der Waals surface area (Å²) in [4.78, 5) is 11.1. The van der Waals surface area contributed by atoms with Crippen LogP contribution in [0.1, 0.15) is 41.3 Å². The maximum absolute atomic E-state index is 11.1. The van der Waals surface area contributed by atoms with Gasteiger partial charge >= 0.3 is 0 Å². The van der Waals surface area contributed by atoms with Gasteiger partial charge in [0.1, 0.15) is 0 Å². The summed E-state index contributed by atoms with van der Waals surface area (Å²) in [5.74, 6) is 0.332. The van der Waals surface area contributed by atoms with Gasteiger partial charge in [0.05, 0.1) is 0 Å². The minimum Gasteiger partial charge on any atom is -0.276 e. The topological polar surface area (TPSA) is 17.1 Å². The second kappa shape index (κ2) is 3.93. The van der Waals surface area contributed by atoms with Crippen LogP contribution in [0.5, 0.6) is 0 Å². The number of rotatable bonds is 2. The summed E-state index contributed by atoms with van der Waals surface area (Å²) >= 11 is 5.49. The van der Waals surface area contributed by atoms with E-state index >= 15 is 0 Å². The quantitative estimate of drug-likeness (QED) is 0.662. The van der Waals surface area contributed by atoms with Gasteiger partial charge in [0.2, 0.25) is 0 Å². The fourth-order valence-electron chi connectivity index (χ4n) is 1.34. The highest BCUT2D eigenvalue weighted by Crippen LogP contribution is 2.21. The first-order chi connectivity index (χ1) is 6.02. The molecule has 0 heterocycles. The van der Waals surface area contributed by atoms with Gasteiger partial charge in [-0.05, 0) is 36.1 Å². The van der Waals surface area contributed by atoms with Crippen LogP contribution in [-0.4, -0.2) is 5.24 Å². The van der Waals surface area contributed by atoms with Crippen molar-refractivity contribution in [2.24, 2.45) is 0 Å². The van der Waals surface area contributed by atoms with E-state index < -0.39 is 0 Å². The highest BCUT2D eigenvalue weighted by Gasteiger charge is 2.11. The molecule has 0 saturated carbocycles. The highest BCUT2D eigenvalue weighted by atomic mass is 35.5. The normalized spacial score (nSPS) is 10.5. The molecule has 0 bridgehead atoms. The van der Waals surface area contributed by atoms with E-state index in [0.717, 1.165) is 11.1 Å². The van der Waals surface area contributed by atoms with Crippen LogP contribution < -0.4 is 0 Å². The van der Waals surface area contributed by atoms with Gasteiger partial charge in [-0.15, -0.1) is 0 Å². The average Bonchev–Trinajstić information content (AvgIpc) is 2.03. The average molecular weight is 197 g/mol. The second-order valence-electron chi connectivity index (χ2n) is 3.52. The first-order valence-electron chi connectivity index (χ1n) is 4.32. The summed E-state index contributed by atoms with van der Waals surface area (Å²) in [6.45, 7) is 6.05. The Morgan fingerprint density at radius 2 is 2.00 bits per heavy atom. The Morgan fingerprint density at radius 3 is 2.46 bits per heavy atom. The monoisotopic (exact) mass is 196 g/mol. The van der Waals surface area contributed by atoms with Crippen LogP contribution in [0.4, 0.5) is 0 Å². The van der Waals surface area contributed by atoms with Crippen LogP contribution in [0.15, 0.2) is 18.2 Å². The Kier molecular flexibility index (Phi) is 3.10. The number of benzene rings is 1. The molecule has 0 saturated heterocycles. The molecule has 13 heavy (non-hydrogen) atoms. The molecular weight excluding hydrogens is 184 g/mol. The first-order valence-corrected chi connectivity index (χ1v) is 4.70. The fraction of sp³-hybridized carbons (Fsp3) is 0.364. The van der Waals surface area contributed by atoms with Crippen LogP contribution in [-0.2, 0) is 0 Å². The number of carbonyl (C=O) groups excluding carboxylic acids is 1. The molecule has 1 aromatic rings. The van der Waals surface area contributed by atoms with E-state index in [1.165, 1.54) is 0 Å². The van der Waals surface area contributed by atoms with Crippen molar-refractivity contribution >= 4 is 16.8 Å². The molecule has 0 radical (unpaired) electrons. The van der Waals surface area contributed by atoms with Gasteiger partial charge in [0, 0.05) is 5.56 Å². The lowest BCUT2D eigenvalue weighted by atomic mass is 9.96. The predicted molar refractivity (Wildman–Crippen MR) is 55.5 cm³/mol. The summed E-state index contributed by atoms with van der Waals surface area (Å²) in [6, 6.07) is 5.80. The van der Waals surface area contributed by atoms with E-state index in [2.05, 4.69) is 0 Å². The van der Waals surface area contributed by atoms with Crippen molar-refractivity contribution in [2.75, 3.05) is 0 Å². The number of halogens is 1. The Labute approximate surface area is 83.7 Å². The van der Waals surface area contributed by atoms with E-state index in [-0.39, 0.29) is 5.24 Å². The molecule has 1 rings (SSSR count). The number of carbonyl (C=O) groups is 1. The molecule has 2 heteroatoms. The first kappa shape index (κ1) is 10.3. The largest absolute Gasteiger partial charge is 0.276 e. The fourth-order valence-corrected chi connectivity index (χ4v) is 1.51. The maximum Gasteiger partial charge on any atom is 0.252 e. The van der Waals surface area contributed by atoms with Crippen molar-refractivity contribution in [3.8, 4) is 0 Å². The summed E-state index contributed by atoms with van der Waals surface area (Å²) in [5, 5.41) is -0.368. The molecule has 0 aromatic heterocycles. The Morgan fingerprint density at radius 1 is 1.38 bits per heavy atom. The molecule has 0 fully saturated rings. The smallest absolute Gasteiger partial charge is 0.252 e. The standard InChI is InChI=1S/C11H13ClO/c1-7(2)9-5-4-8(3)6-10(9)11(12)13/h4-7H,1-3H3. The van der Waals surface area contributed by atoms with Gasteiger partial charge in [0.15, 0.2) is 0 Å². The van der Waals surface area contributed by atoms with Crippen molar-refractivity contribution < 1.29 is 4.79 Å². The molecule has 0 atom stereocenters. The van der Waals surface area contributed by atoms with Gasteiger partial charge in [-0.2, -0.15) is 0 Å².